The van der Waals surface area contributed by atoms with E-state index in [0.29, 0.717) is 34.3 Å². The number of hydrogen-bond donors (Lipinski definition) is 1. The second-order valence-corrected chi connectivity index (χ2v) is 5.82. The third-order valence-electron chi connectivity index (χ3n) is 4.57. The van der Waals surface area contributed by atoms with Gasteiger partial charge < -0.3 is 28.8 Å². The van der Waals surface area contributed by atoms with E-state index in [4.69, 9.17) is 23.7 Å². The molecule has 2 atom stereocenters. The molecule has 0 aromatic heterocycles. The van der Waals surface area contributed by atoms with Crippen LogP contribution in [0.3, 0.4) is 0 Å². The molecular formula is C17H14O6. The minimum atomic E-state index is -1.25. The molecule has 0 unspecified atom stereocenters. The van der Waals surface area contributed by atoms with Crippen molar-refractivity contribution in [3.8, 4) is 28.7 Å². The van der Waals surface area contributed by atoms with Gasteiger partial charge in [-0.1, -0.05) is 0 Å². The average Bonchev–Trinajstić information content (AvgIpc) is 3.14. The Balaban J connectivity index is 1.63. The summed E-state index contributed by atoms with van der Waals surface area (Å²) < 4.78 is 27.8. The highest BCUT2D eigenvalue weighted by Crippen LogP contribution is 2.56. The lowest BCUT2D eigenvalue weighted by atomic mass is 9.85. The minimum Gasteiger partial charge on any atom is -0.497 e. The molecule has 0 saturated heterocycles. The fourth-order valence-corrected chi connectivity index (χ4v) is 3.37. The van der Waals surface area contributed by atoms with Gasteiger partial charge in [-0.25, -0.2) is 0 Å². The maximum absolute atomic E-state index is 11.2. The van der Waals surface area contributed by atoms with Crippen LogP contribution in [-0.4, -0.2) is 25.6 Å². The Morgan fingerprint density at radius 1 is 1.04 bits per heavy atom. The van der Waals surface area contributed by atoms with Crippen molar-refractivity contribution in [2.75, 3.05) is 20.5 Å². The highest BCUT2D eigenvalue weighted by atomic mass is 16.7. The summed E-state index contributed by atoms with van der Waals surface area (Å²) in [4.78, 5) is 0. The van der Waals surface area contributed by atoms with Crippen molar-refractivity contribution in [3.63, 3.8) is 0 Å². The normalized spacial score (nSPS) is 25.7. The van der Waals surface area contributed by atoms with Gasteiger partial charge in [0.1, 0.15) is 23.9 Å². The molecule has 23 heavy (non-hydrogen) atoms. The fraction of sp³-hybridized carbons (Fsp3) is 0.294. The number of aliphatic hydroxyl groups is 1. The highest BCUT2D eigenvalue weighted by Gasteiger charge is 2.53. The third kappa shape index (κ3) is 1.61. The molecule has 2 aromatic rings. The van der Waals surface area contributed by atoms with E-state index < -0.39 is 11.7 Å². The van der Waals surface area contributed by atoms with Crippen LogP contribution in [0, 0.1) is 0 Å². The quantitative estimate of drug-likeness (QED) is 0.870. The molecule has 3 aliphatic rings. The molecule has 3 heterocycles. The van der Waals surface area contributed by atoms with Gasteiger partial charge in [0.15, 0.2) is 23.2 Å². The second kappa shape index (κ2) is 4.23. The van der Waals surface area contributed by atoms with Gasteiger partial charge in [-0.2, -0.15) is 0 Å². The molecule has 0 amide bonds. The maximum Gasteiger partial charge on any atom is 0.231 e. The van der Waals surface area contributed by atoms with Crippen LogP contribution < -0.4 is 23.7 Å². The van der Waals surface area contributed by atoms with Crippen LogP contribution in [0.2, 0.25) is 0 Å². The Morgan fingerprint density at radius 2 is 1.87 bits per heavy atom. The van der Waals surface area contributed by atoms with E-state index in [-0.39, 0.29) is 13.4 Å². The molecule has 0 spiro atoms. The number of hydrogen-bond acceptors (Lipinski definition) is 6. The molecular weight excluding hydrogens is 300 g/mol. The summed E-state index contributed by atoms with van der Waals surface area (Å²) in [6.45, 7) is 0.281. The zero-order valence-corrected chi connectivity index (χ0v) is 12.4. The van der Waals surface area contributed by atoms with E-state index in [9.17, 15) is 5.11 Å². The first-order valence-electron chi connectivity index (χ1n) is 7.33. The Labute approximate surface area is 132 Å². The van der Waals surface area contributed by atoms with Crippen LogP contribution >= 0.6 is 0 Å². The summed E-state index contributed by atoms with van der Waals surface area (Å²) >= 11 is 0. The SMILES string of the molecule is COc1ccc2c(c1)OC[C@]1(O)c3cc4c(cc3O[C@@H]21)OCO4. The standard InChI is InChI=1S/C17H14O6/c1-19-9-2-3-10-12(4-9)20-7-17(18)11-5-14-15(22-8-21-14)6-13(11)23-16(10)17/h2-6,16,18H,7-8H2,1H3/t16-,17-/m0/s1. The van der Waals surface area contributed by atoms with E-state index >= 15 is 0 Å². The van der Waals surface area contributed by atoms with E-state index in [0.717, 1.165) is 5.56 Å². The Morgan fingerprint density at radius 3 is 2.70 bits per heavy atom. The van der Waals surface area contributed by atoms with Gasteiger partial charge >= 0.3 is 0 Å². The van der Waals surface area contributed by atoms with Crippen molar-refractivity contribution in [3.05, 3.63) is 41.5 Å². The lowest BCUT2D eigenvalue weighted by Crippen LogP contribution is -2.41. The molecule has 0 radical (unpaired) electrons. The third-order valence-corrected chi connectivity index (χ3v) is 4.57. The van der Waals surface area contributed by atoms with Gasteiger partial charge in [0, 0.05) is 23.3 Å². The number of benzene rings is 2. The van der Waals surface area contributed by atoms with E-state index in [1.165, 1.54) is 0 Å². The second-order valence-electron chi connectivity index (χ2n) is 5.82. The number of fused-ring (bicyclic) bond motifs is 6. The molecule has 0 bridgehead atoms. The predicted octanol–water partition coefficient (Wildman–Crippen LogP) is 2.14. The topological polar surface area (TPSA) is 66.4 Å². The van der Waals surface area contributed by atoms with Crippen molar-refractivity contribution in [2.45, 2.75) is 11.7 Å². The summed E-state index contributed by atoms with van der Waals surface area (Å²) in [5.41, 5.74) is 0.198. The monoisotopic (exact) mass is 314 g/mol. The molecule has 5 rings (SSSR count). The molecule has 0 fully saturated rings. The van der Waals surface area contributed by atoms with Crippen LogP contribution in [-0.2, 0) is 5.60 Å². The summed E-state index contributed by atoms with van der Waals surface area (Å²) in [7, 11) is 1.60. The molecule has 1 N–H and O–H groups in total. The minimum absolute atomic E-state index is 0.102. The summed E-state index contributed by atoms with van der Waals surface area (Å²) in [5.74, 6) is 3.19. The van der Waals surface area contributed by atoms with Crippen molar-refractivity contribution in [1.82, 2.24) is 0 Å². The van der Waals surface area contributed by atoms with Crippen LogP contribution in [0.1, 0.15) is 17.2 Å². The molecule has 3 aliphatic heterocycles. The zero-order valence-electron chi connectivity index (χ0n) is 12.4. The van der Waals surface area contributed by atoms with Crippen LogP contribution in [0.5, 0.6) is 28.7 Å². The molecule has 118 valence electrons. The van der Waals surface area contributed by atoms with Crippen molar-refractivity contribution in [1.29, 1.82) is 0 Å². The Hall–Kier alpha value is -2.60. The number of rotatable bonds is 1. The lowest BCUT2D eigenvalue weighted by molar-refractivity contribution is -0.0865. The first-order chi connectivity index (χ1) is 11.2. The molecule has 2 aromatic carbocycles. The zero-order chi connectivity index (χ0) is 15.6. The van der Waals surface area contributed by atoms with Crippen LogP contribution in [0.4, 0.5) is 0 Å². The molecule has 6 nitrogen and oxygen atoms in total. The van der Waals surface area contributed by atoms with Crippen LogP contribution in [0.15, 0.2) is 30.3 Å². The van der Waals surface area contributed by atoms with Crippen molar-refractivity contribution in [2.24, 2.45) is 0 Å². The van der Waals surface area contributed by atoms with Gasteiger partial charge in [0.25, 0.3) is 0 Å². The van der Waals surface area contributed by atoms with Gasteiger partial charge in [0.2, 0.25) is 6.79 Å². The van der Waals surface area contributed by atoms with Gasteiger partial charge in [-0.05, 0) is 18.2 Å². The smallest absolute Gasteiger partial charge is 0.231 e. The summed E-state index contributed by atoms with van der Waals surface area (Å²) in [5, 5.41) is 11.2. The van der Waals surface area contributed by atoms with E-state index in [1.807, 2.05) is 12.1 Å². The molecule has 6 heteroatoms. The molecule has 0 saturated carbocycles. The number of ether oxygens (including phenoxy) is 5. The lowest BCUT2D eigenvalue weighted by Gasteiger charge is -2.34. The van der Waals surface area contributed by atoms with Gasteiger partial charge in [-0.3, -0.25) is 0 Å². The fourth-order valence-electron chi connectivity index (χ4n) is 3.37. The summed E-state index contributed by atoms with van der Waals surface area (Å²) in [6.07, 6.45) is -0.533. The first-order valence-corrected chi connectivity index (χ1v) is 7.33. The summed E-state index contributed by atoms with van der Waals surface area (Å²) in [6, 6.07) is 9.02. The largest absolute Gasteiger partial charge is 0.497 e. The average molecular weight is 314 g/mol. The predicted molar refractivity (Wildman–Crippen MR) is 78.3 cm³/mol. The van der Waals surface area contributed by atoms with E-state index in [2.05, 4.69) is 0 Å². The maximum atomic E-state index is 11.2. The van der Waals surface area contributed by atoms with Crippen molar-refractivity contribution >= 4 is 0 Å². The highest BCUT2D eigenvalue weighted by molar-refractivity contribution is 5.58. The number of methoxy groups -OCH3 is 1. The first kappa shape index (κ1) is 12.9. The Bertz CT molecular complexity index is 817. The van der Waals surface area contributed by atoms with Crippen molar-refractivity contribution < 1.29 is 28.8 Å². The van der Waals surface area contributed by atoms with Gasteiger partial charge in [-0.15, -0.1) is 0 Å². The van der Waals surface area contributed by atoms with Crippen LogP contribution in [0.25, 0.3) is 0 Å². The molecule has 0 aliphatic carbocycles. The van der Waals surface area contributed by atoms with Gasteiger partial charge in [0.05, 0.1) is 7.11 Å². The van der Waals surface area contributed by atoms with E-state index in [1.54, 1.807) is 25.3 Å². The Kier molecular flexibility index (Phi) is 2.37.